The molecule has 0 radical (unpaired) electrons. The molecular formula is C23H33N3O3. The van der Waals surface area contributed by atoms with Crippen LogP contribution in [0.5, 0.6) is 0 Å². The number of hydrogen-bond donors (Lipinski definition) is 2. The third-order valence-corrected chi connectivity index (χ3v) is 6.25. The maximum Gasteiger partial charge on any atom is 0.243 e. The highest BCUT2D eigenvalue weighted by molar-refractivity contribution is 6.00. The van der Waals surface area contributed by atoms with Crippen LogP contribution in [-0.4, -0.2) is 42.1 Å². The number of carbonyl (C=O) groups is 3. The lowest BCUT2D eigenvalue weighted by molar-refractivity contribution is -0.137. The number of benzene rings is 1. The van der Waals surface area contributed by atoms with Crippen LogP contribution in [0.4, 0.5) is 0 Å². The van der Waals surface area contributed by atoms with Crippen molar-refractivity contribution in [3.05, 3.63) is 34.9 Å². The molecule has 6 heteroatoms. The van der Waals surface area contributed by atoms with Crippen LogP contribution >= 0.6 is 0 Å². The number of hydrogen-bond acceptors (Lipinski definition) is 5. The molecule has 1 aromatic rings. The minimum absolute atomic E-state index is 0.212. The third kappa shape index (κ3) is 5.52. The average Bonchev–Trinajstić information content (AvgIpc) is 2.72. The number of imide groups is 1. The van der Waals surface area contributed by atoms with Gasteiger partial charge in [-0.2, -0.15) is 0 Å². The van der Waals surface area contributed by atoms with E-state index in [1.807, 2.05) is 18.0 Å². The number of amides is 2. The summed E-state index contributed by atoms with van der Waals surface area (Å²) in [6.45, 7) is 2.73. The van der Waals surface area contributed by atoms with E-state index in [1.165, 1.54) is 37.7 Å². The van der Waals surface area contributed by atoms with Crippen LogP contribution in [0, 0.1) is 0 Å². The van der Waals surface area contributed by atoms with Crippen LogP contribution < -0.4 is 10.6 Å². The number of unbranched alkanes of at least 4 members (excludes halogenated alkanes) is 1. The summed E-state index contributed by atoms with van der Waals surface area (Å²) in [6, 6.07) is 6.60. The summed E-state index contributed by atoms with van der Waals surface area (Å²) in [5.41, 5.74) is 2.80. The van der Waals surface area contributed by atoms with Gasteiger partial charge in [-0.25, -0.2) is 0 Å². The first-order valence-corrected chi connectivity index (χ1v) is 10.9. The molecule has 3 atom stereocenters. The summed E-state index contributed by atoms with van der Waals surface area (Å²) < 4.78 is 0. The molecule has 2 amide bonds. The number of nitrogens with one attached hydrogen (secondary N) is 2. The van der Waals surface area contributed by atoms with Gasteiger partial charge in [0.05, 0.1) is 6.04 Å². The number of rotatable bonds is 8. The van der Waals surface area contributed by atoms with Crippen molar-refractivity contribution in [2.24, 2.45) is 0 Å². The summed E-state index contributed by atoms with van der Waals surface area (Å²) in [5.74, 6) is -0.462. The second kappa shape index (κ2) is 10.1. The van der Waals surface area contributed by atoms with E-state index in [1.54, 1.807) is 0 Å². The van der Waals surface area contributed by atoms with Crippen molar-refractivity contribution in [3.8, 4) is 0 Å². The topological polar surface area (TPSA) is 78.5 Å². The summed E-state index contributed by atoms with van der Waals surface area (Å²) in [6.07, 6.45) is 8.98. The molecule has 2 fully saturated rings. The van der Waals surface area contributed by atoms with Crippen molar-refractivity contribution in [1.82, 2.24) is 15.5 Å². The summed E-state index contributed by atoms with van der Waals surface area (Å²) in [7, 11) is 1.88. The van der Waals surface area contributed by atoms with Gasteiger partial charge >= 0.3 is 0 Å². The van der Waals surface area contributed by atoms with Gasteiger partial charge in [-0.15, -0.1) is 0 Å². The van der Waals surface area contributed by atoms with Crippen LogP contribution in [0.15, 0.2) is 18.2 Å². The van der Waals surface area contributed by atoms with Gasteiger partial charge in [-0.05, 0) is 43.9 Å². The van der Waals surface area contributed by atoms with E-state index in [0.29, 0.717) is 37.0 Å². The highest BCUT2D eigenvalue weighted by Crippen LogP contribution is 2.29. The normalized spacial score (nSPS) is 25.1. The monoisotopic (exact) mass is 399 g/mol. The van der Waals surface area contributed by atoms with Crippen molar-refractivity contribution in [2.75, 3.05) is 7.05 Å². The van der Waals surface area contributed by atoms with Gasteiger partial charge in [0.2, 0.25) is 11.8 Å². The Balaban J connectivity index is 1.72. The Bertz CT molecular complexity index is 749. The maximum absolute atomic E-state index is 12.2. The largest absolute Gasteiger partial charge is 0.307 e. The molecule has 2 saturated heterocycles. The molecule has 2 heterocycles. The van der Waals surface area contributed by atoms with Crippen molar-refractivity contribution >= 4 is 18.1 Å². The third-order valence-electron chi connectivity index (χ3n) is 6.25. The molecule has 3 unspecified atom stereocenters. The van der Waals surface area contributed by atoms with E-state index < -0.39 is 0 Å². The summed E-state index contributed by atoms with van der Waals surface area (Å²) in [5, 5.41) is 6.20. The molecule has 6 nitrogen and oxygen atoms in total. The Morgan fingerprint density at radius 2 is 2.03 bits per heavy atom. The Morgan fingerprint density at radius 3 is 2.76 bits per heavy atom. The highest BCUT2D eigenvalue weighted by atomic mass is 16.2. The number of likely N-dealkylation sites (N-methyl/N-ethyl adjacent to an activating group) is 1. The minimum Gasteiger partial charge on any atom is -0.307 e. The van der Waals surface area contributed by atoms with Crippen LogP contribution in [0.1, 0.15) is 85.8 Å². The van der Waals surface area contributed by atoms with E-state index in [2.05, 4.69) is 29.7 Å². The SMILES string of the molecule is CCCCC1CCCC(c2ccc(C=O)c(CN(C)C3CCC(=O)NC3=O)c2)N1. The minimum atomic E-state index is -0.345. The van der Waals surface area contributed by atoms with E-state index in [0.717, 1.165) is 18.3 Å². The van der Waals surface area contributed by atoms with E-state index >= 15 is 0 Å². The Kier molecular flexibility index (Phi) is 7.56. The molecule has 29 heavy (non-hydrogen) atoms. The fourth-order valence-corrected chi connectivity index (χ4v) is 4.54. The second-order valence-corrected chi connectivity index (χ2v) is 8.45. The Labute approximate surface area is 173 Å². The average molecular weight is 400 g/mol. The van der Waals surface area contributed by atoms with E-state index in [4.69, 9.17) is 0 Å². The van der Waals surface area contributed by atoms with Gasteiger partial charge in [0.15, 0.2) is 0 Å². The van der Waals surface area contributed by atoms with Crippen LogP contribution in [-0.2, 0) is 16.1 Å². The first kappa shape index (κ1) is 21.7. The molecule has 0 bridgehead atoms. The fraction of sp³-hybridized carbons (Fsp3) is 0.609. The molecule has 1 aromatic carbocycles. The van der Waals surface area contributed by atoms with Gasteiger partial charge < -0.3 is 5.32 Å². The molecule has 0 saturated carbocycles. The van der Waals surface area contributed by atoms with Gasteiger partial charge in [0, 0.05) is 30.6 Å². The number of aldehydes is 1. The first-order valence-electron chi connectivity index (χ1n) is 10.9. The van der Waals surface area contributed by atoms with Gasteiger partial charge in [-0.3, -0.25) is 24.6 Å². The molecule has 3 rings (SSSR count). The van der Waals surface area contributed by atoms with Gasteiger partial charge in [0.1, 0.15) is 6.29 Å². The smallest absolute Gasteiger partial charge is 0.243 e. The molecular weight excluding hydrogens is 366 g/mol. The number of piperidine rings is 2. The quantitative estimate of drug-likeness (QED) is 0.519. The highest BCUT2D eigenvalue weighted by Gasteiger charge is 2.30. The van der Waals surface area contributed by atoms with Crippen molar-refractivity contribution in [2.45, 2.75) is 83.0 Å². The lowest BCUT2D eigenvalue weighted by Crippen LogP contribution is -2.51. The molecule has 2 N–H and O–H groups in total. The predicted octanol–water partition coefficient (Wildman–Crippen LogP) is 3.11. The lowest BCUT2D eigenvalue weighted by Gasteiger charge is -2.32. The van der Waals surface area contributed by atoms with E-state index in [9.17, 15) is 14.4 Å². The fourth-order valence-electron chi connectivity index (χ4n) is 4.54. The zero-order valence-electron chi connectivity index (χ0n) is 17.6. The van der Waals surface area contributed by atoms with Crippen molar-refractivity contribution in [3.63, 3.8) is 0 Å². The predicted molar refractivity (Wildman–Crippen MR) is 113 cm³/mol. The number of carbonyl (C=O) groups excluding carboxylic acids is 3. The van der Waals surface area contributed by atoms with Crippen LogP contribution in [0.2, 0.25) is 0 Å². The molecule has 2 aliphatic heterocycles. The Morgan fingerprint density at radius 1 is 1.21 bits per heavy atom. The molecule has 0 aromatic heterocycles. The molecule has 0 spiro atoms. The first-order chi connectivity index (χ1) is 14.0. The zero-order chi connectivity index (χ0) is 20.8. The van der Waals surface area contributed by atoms with Gasteiger partial charge in [-0.1, -0.05) is 44.4 Å². The van der Waals surface area contributed by atoms with Crippen LogP contribution in [0.25, 0.3) is 0 Å². The summed E-state index contributed by atoms with van der Waals surface area (Å²) in [4.78, 5) is 37.1. The van der Waals surface area contributed by atoms with Gasteiger partial charge in [0.25, 0.3) is 0 Å². The Hall–Kier alpha value is -2.05. The van der Waals surface area contributed by atoms with Crippen molar-refractivity contribution < 1.29 is 14.4 Å². The van der Waals surface area contributed by atoms with Crippen molar-refractivity contribution in [1.29, 1.82) is 0 Å². The number of nitrogens with zero attached hydrogens (tertiary/aromatic N) is 1. The second-order valence-electron chi connectivity index (χ2n) is 8.45. The summed E-state index contributed by atoms with van der Waals surface area (Å²) >= 11 is 0. The van der Waals surface area contributed by atoms with E-state index in [-0.39, 0.29) is 17.9 Å². The molecule has 0 aliphatic carbocycles. The zero-order valence-corrected chi connectivity index (χ0v) is 17.6. The lowest BCUT2D eigenvalue weighted by atomic mass is 9.90. The van der Waals surface area contributed by atoms with Crippen LogP contribution in [0.3, 0.4) is 0 Å². The maximum atomic E-state index is 12.2. The molecule has 2 aliphatic rings. The molecule has 158 valence electrons. The standard InChI is InChI=1S/C23H33N3O3/c1-3-4-6-19-7-5-8-20(24-19)16-9-10-17(15-27)18(13-16)14-26(2)21-11-12-22(28)25-23(21)29/h9-10,13,15,19-21,24H,3-8,11-12,14H2,1-2H3,(H,25,28,29).